The van der Waals surface area contributed by atoms with Crippen molar-refractivity contribution in [2.45, 2.75) is 154 Å². The van der Waals surface area contributed by atoms with Gasteiger partial charge in [-0.15, -0.1) is 0 Å². The first-order valence-corrected chi connectivity index (χ1v) is 44.1. The maximum atomic E-state index is 13.2. The second kappa shape index (κ2) is 37.8. The Hall–Kier alpha value is -11.8. The minimum absolute atomic E-state index is 0.0329. The summed E-state index contributed by atoms with van der Waals surface area (Å²) >= 11 is 0. The smallest absolute Gasteiger partial charge is 0.339 e. The molecule has 3 heterocycles. The molecule has 6 fully saturated rings. The topological polar surface area (TPSA) is 317 Å². The van der Waals surface area contributed by atoms with Crippen LogP contribution in [0, 0.1) is 0 Å². The van der Waals surface area contributed by atoms with E-state index in [4.69, 9.17) is 42.6 Å². The summed E-state index contributed by atoms with van der Waals surface area (Å²) in [5.74, 6) is 3.59. The molecule has 0 spiro atoms. The molecule has 9 aromatic rings. The molecule has 29 heteroatoms. The van der Waals surface area contributed by atoms with Gasteiger partial charge in [0, 0.05) is 85.3 Å². The SMILES string of the molecule is COC(=O)c1ccccc1S(=O)(=O)Nc1cccc(N2CC(c3ccc(OC)c(OC4CCCC4)c3)CC2=O)c1.COc1ccc(C2CC(=O)N(c3cccc(NS(=O)(=O)c4ccc(C(C)=O)cc4)c3)C2)cc1OC1CCCC1.COc1ccc(OC)c(S(=O)(=O)Nc2cccc(N3CC(c4ccc(OC)c(OC5CCCC5)c4)CC3=O)c2)c1. The van der Waals surface area contributed by atoms with Gasteiger partial charge in [0.15, 0.2) is 40.3 Å². The Morgan fingerprint density at radius 3 is 1.08 bits per heavy atom. The van der Waals surface area contributed by atoms with Crippen LogP contribution in [0.4, 0.5) is 34.1 Å². The molecule has 3 aliphatic carbocycles. The third-order valence-electron chi connectivity index (χ3n) is 22.2. The molecule has 626 valence electrons. The number of esters is 1. The van der Waals surface area contributed by atoms with E-state index in [-0.39, 0.29) is 91.3 Å². The van der Waals surface area contributed by atoms with Crippen molar-refractivity contribution in [1.29, 1.82) is 0 Å². The summed E-state index contributed by atoms with van der Waals surface area (Å²) in [6.07, 6.45) is 14.7. The Balaban J connectivity index is 0.000000155. The van der Waals surface area contributed by atoms with Gasteiger partial charge in [-0.05, 0) is 228 Å². The van der Waals surface area contributed by atoms with Crippen LogP contribution in [0.3, 0.4) is 0 Å². The first-order valence-electron chi connectivity index (χ1n) is 39.7. The van der Waals surface area contributed by atoms with E-state index in [0.29, 0.717) is 113 Å². The molecule has 15 rings (SSSR count). The maximum Gasteiger partial charge on any atom is 0.339 e. The number of anilines is 6. The lowest BCUT2D eigenvalue weighted by atomic mass is 9.98. The molecular weight excluding hydrogens is 1580 g/mol. The number of carbonyl (C=O) groups excluding carboxylic acids is 5. The number of ketones is 1. The summed E-state index contributed by atoms with van der Waals surface area (Å²) in [6, 6.07) is 54.0. The van der Waals surface area contributed by atoms with E-state index in [2.05, 4.69) is 14.2 Å². The number of amides is 3. The Bertz CT molecular complexity index is 5560. The number of Topliss-reactive ketones (excluding diaryl/α,β-unsaturated/α-hetero) is 1. The van der Waals surface area contributed by atoms with Crippen molar-refractivity contribution in [3.8, 4) is 46.0 Å². The maximum absolute atomic E-state index is 13.2. The highest BCUT2D eigenvalue weighted by Crippen LogP contribution is 2.44. The van der Waals surface area contributed by atoms with Crippen molar-refractivity contribution in [3.05, 3.63) is 222 Å². The van der Waals surface area contributed by atoms with Gasteiger partial charge < -0.3 is 57.3 Å². The third kappa shape index (κ3) is 20.5. The van der Waals surface area contributed by atoms with Gasteiger partial charge in [-0.1, -0.05) is 60.7 Å². The lowest BCUT2D eigenvalue weighted by Gasteiger charge is -2.20. The molecule has 9 aromatic carbocycles. The molecule has 6 aliphatic rings. The molecule has 0 aromatic heterocycles. The van der Waals surface area contributed by atoms with E-state index in [9.17, 15) is 49.2 Å². The van der Waals surface area contributed by atoms with Crippen LogP contribution in [0.1, 0.15) is 158 Å². The van der Waals surface area contributed by atoms with Crippen LogP contribution in [0.15, 0.2) is 209 Å². The molecule has 3 aliphatic heterocycles. The second-order valence-corrected chi connectivity index (χ2v) is 35.1. The van der Waals surface area contributed by atoms with E-state index in [1.807, 2.05) is 54.6 Å². The average molecular weight is 1680 g/mol. The molecule has 3 amide bonds. The minimum Gasteiger partial charge on any atom is -0.497 e. The Morgan fingerprint density at radius 1 is 0.361 bits per heavy atom. The fraction of sp³-hybridized carbons (Fsp3) is 0.344. The van der Waals surface area contributed by atoms with Crippen molar-refractivity contribution >= 4 is 93.7 Å². The molecule has 3 unspecified atom stereocenters. The van der Waals surface area contributed by atoms with Crippen molar-refractivity contribution in [2.24, 2.45) is 0 Å². The van der Waals surface area contributed by atoms with E-state index in [0.717, 1.165) is 68.1 Å². The Morgan fingerprint density at radius 2 is 0.723 bits per heavy atom. The second-order valence-electron chi connectivity index (χ2n) is 30.1. The normalized spacial score (nSPS) is 17.7. The standard InChI is InChI=1S/C30H34N2O7S.C30H32N2O7S.C30H32N2O6S/c1-36-25-12-14-27(38-3)29(18-25)40(34,35)31-22-7-6-8-23(17-22)32-19-21(16-30(32)33)20-11-13-26(37-2)28(15-20)39-24-9-4-5-10-24;1-37-26-15-14-20(16-27(26)39-24-10-3-4-11-24)21-17-29(33)32(19-21)23-9-7-8-22(18-23)31-40(35,36)28-13-6-5-12-25(28)30(34)38-2;1-20(33)21-10-13-27(14-11-21)39(35,36)31-24-6-5-7-25(18-24)32-19-23(17-30(32)34)22-12-15-28(37-2)29(16-22)38-26-8-3-4-9-26/h6-8,11-15,17-18,21,24,31H,4-5,9-10,16,19H2,1-3H3;5-9,12-16,18,21,24,31H,3-4,10-11,17,19H2,1-2H3;5-7,10-16,18,23,26,31H,3-4,8-9,17,19H2,1-2H3. The van der Waals surface area contributed by atoms with Gasteiger partial charge in [0.25, 0.3) is 30.1 Å². The molecule has 119 heavy (non-hydrogen) atoms. The molecule has 3 N–H and O–H groups in total. The largest absolute Gasteiger partial charge is 0.497 e. The van der Waals surface area contributed by atoms with Gasteiger partial charge in [0.1, 0.15) is 21.3 Å². The highest BCUT2D eigenvalue weighted by molar-refractivity contribution is 7.93. The Labute approximate surface area is 694 Å². The van der Waals surface area contributed by atoms with Crippen LogP contribution in [0.25, 0.3) is 0 Å². The molecule has 0 bridgehead atoms. The number of hydrogen-bond donors (Lipinski definition) is 3. The zero-order valence-electron chi connectivity index (χ0n) is 67.4. The fourth-order valence-corrected chi connectivity index (χ4v) is 19.4. The minimum atomic E-state index is -4.11. The molecular formula is C90H98N6O20S3. The zero-order chi connectivity index (χ0) is 84.1. The van der Waals surface area contributed by atoms with Crippen molar-refractivity contribution in [2.75, 3.05) is 91.2 Å². The summed E-state index contributed by atoms with van der Waals surface area (Å²) in [5, 5.41) is 0. The van der Waals surface area contributed by atoms with Crippen LogP contribution in [-0.4, -0.2) is 135 Å². The summed E-state index contributed by atoms with van der Waals surface area (Å²) in [7, 11) is -3.05. The summed E-state index contributed by atoms with van der Waals surface area (Å²) < 4.78 is 137. The molecule has 3 saturated carbocycles. The summed E-state index contributed by atoms with van der Waals surface area (Å²) in [6.45, 7) is 2.80. The van der Waals surface area contributed by atoms with Gasteiger partial charge in [-0.25, -0.2) is 30.0 Å². The van der Waals surface area contributed by atoms with Crippen molar-refractivity contribution < 1.29 is 91.9 Å². The number of sulfonamides is 3. The first-order chi connectivity index (χ1) is 57.3. The number of ether oxygens (including phenoxy) is 9. The molecule has 26 nitrogen and oxygen atoms in total. The van der Waals surface area contributed by atoms with Gasteiger partial charge >= 0.3 is 5.97 Å². The van der Waals surface area contributed by atoms with Crippen molar-refractivity contribution in [3.63, 3.8) is 0 Å². The number of methoxy groups -OCH3 is 6. The number of rotatable bonds is 28. The van der Waals surface area contributed by atoms with Crippen LogP contribution in [0.2, 0.25) is 0 Å². The van der Waals surface area contributed by atoms with E-state index in [1.54, 1.807) is 121 Å². The van der Waals surface area contributed by atoms with Crippen LogP contribution < -0.4 is 66.8 Å². The van der Waals surface area contributed by atoms with Gasteiger partial charge in [0.05, 0.1) is 88.5 Å². The van der Waals surface area contributed by atoms with Crippen LogP contribution >= 0.6 is 0 Å². The highest BCUT2D eigenvalue weighted by atomic mass is 32.2. The fourth-order valence-electron chi connectivity index (χ4n) is 15.9. The molecule has 0 radical (unpaired) electrons. The summed E-state index contributed by atoms with van der Waals surface area (Å²) in [4.78, 5) is 67.7. The Kier molecular flexibility index (Phi) is 27.1. The lowest BCUT2D eigenvalue weighted by molar-refractivity contribution is -0.118. The number of nitrogens with one attached hydrogen (secondary N) is 3. The van der Waals surface area contributed by atoms with Gasteiger partial charge in [-0.3, -0.25) is 33.3 Å². The van der Waals surface area contributed by atoms with Crippen molar-refractivity contribution in [1.82, 2.24) is 0 Å². The predicted molar refractivity (Wildman–Crippen MR) is 452 cm³/mol. The number of benzene rings is 9. The number of carbonyl (C=O) groups is 5. The quantitative estimate of drug-likeness (QED) is 0.0303. The number of hydrogen-bond acceptors (Lipinski definition) is 20. The van der Waals surface area contributed by atoms with E-state index in [1.165, 1.54) is 109 Å². The van der Waals surface area contributed by atoms with E-state index >= 15 is 0 Å². The molecule has 3 saturated heterocycles. The average Bonchev–Trinajstić information content (AvgIpc) is 1.60. The monoisotopic (exact) mass is 1680 g/mol. The number of nitrogens with zero attached hydrogens (tertiary/aromatic N) is 3. The molecule has 3 atom stereocenters. The zero-order valence-corrected chi connectivity index (χ0v) is 69.8. The first kappa shape index (κ1) is 85.1. The van der Waals surface area contributed by atoms with Gasteiger partial charge in [-0.2, -0.15) is 0 Å². The van der Waals surface area contributed by atoms with Gasteiger partial charge in [0.2, 0.25) is 17.7 Å². The van der Waals surface area contributed by atoms with E-state index < -0.39 is 36.0 Å². The predicted octanol–water partition coefficient (Wildman–Crippen LogP) is 16.0. The van der Waals surface area contributed by atoms with Crippen LogP contribution in [0.5, 0.6) is 46.0 Å². The lowest BCUT2D eigenvalue weighted by Crippen LogP contribution is -2.24. The highest BCUT2D eigenvalue weighted by Gasteiger charge is 2.37. The van der Waals surface area contributed by atoms with Crippen LogP contribution in [-0.2, 0) is 49.2 Å². The third-order valence-corrected chi connectivity index (χ3v) is 26.4. The summed E-state index contributed by atoms with van der Waals surface area (Å²) in [5.41, 5.74) is 6.11.